The number of nitrogens with one attached hydrogen (secondary N) is 2. The molecule has 0 heterocycles. The van der Waals surface area contributed by atoms with Gasteiger partial charge in [-0.2, -0.15) is 8.67 Å². The molecule has 28 heteroatoms. The molecule has 5 rings (SSSR count). The number of phenols is 2. The van der Waals surface area contributed by atoms with Crippen molar-refractivity contribution in [3.63, 3.8) is 0 Å². The molecule has 0 aliphatic rings. The summed E-state index contributed by atoms with van der Waals surface area (Å²) < 4.78 is 86.6. The first-order valence-electron chi connectivity index (χ1n) is 17.5. The minimum Gasteiger partial charge on any atom is -0.744 e. The predicted octanol–water partition coefficient (Wildman–Crippen LogP) is -7.52. The molecule has 0 aromatic heterocycles. The Balaban J connectivity index is 0.00000512. The molecule has 0 saturated carbocycles. The number of hydrogen-bond acceptors (Lipinski definition) is 19. The van der Waals surface area contributed by atoms with E-state index in [9.17, 15) is 56.3 Å². The first-order valence-corrected chi connectivity index (χ1v) is 23.0. The molecule has 0 radical (unpaired) electrons. The minimum atomic E-state index is -5.23. The zero-order valence-electron chi connectivity index (χ0n) is 35.2. The Morgan fingerprint density at radius 1 is 0.656 bits per heavy atom. The van der Waals surface area contributed by atoms with Gasteiger partial charge in [-0.05, 0) is 95.7 Å². The number of aromatic hydroxyl groups is 2. The van der Waals surface area contributed by atoms with E-state index in [4.69, 9.17) is 4.74 Å². The van der Waals surface area contributed by atoms with Gasteiger partial charge in [0.25, 0.3) is 11.8 Å². The second-order valence-corrected chi connectivity index (χ2v) is 18.4. The smallest absolute Gasteiger partial charge is 0.744 e. The van der Waals surface area contributed by atoms with Gasteiger partial charge in [-0.25, -0.2) is 16.8 Å². The Morgan fingerprint density at radius 2 is 1.14 bits per heavy atom. The van der Waals surface area contributed by atoms with Gasteiger partial charge in [0.2, 0.25) is 0 Å². The van der Waals surface area contributed by atoms with Crippen molar-refractivity contribution in [2.75, 3.05) is 23.4 Å². The van der Waals surface area contributed by atoms with Crippen molar-refractivity contribution in [2.24, 2.45) is 0 Å². The molecular formula is C36H33N2Na4O17PS4. The Labute approximate surface area is 466 Å². The molecule has 5 aromatic carbocycles. The standard InChI is InChI=1S/C36H37N2O17PS4.4Na/c1-3-5-7-51-31-17-26(36(42)38-28-15-23(59(45,46)47)11-20-12-24(60(48,49)50)16-30(40)34(20)28)32(56-8-6-4-2)18-25(31)35(41)37-27-13-21(57-54-52-43)9-19-10-22(58-55-53-44)14-29(39)33(19)27;;;;/h9-18,39-40,43-44,56H,3-8H2,1-2H3,(H,37,41)(H,38,42)(H,45,46,47)(H,48,49,50);;;;/q;4*+1/p-4. The van der Waals surface area contributed by atoms with E-state index in [2.05, 4.69) is 29.4 Å². The van der Waals surface area contributed by atoms with Crippen LogP contribution in [-0.4, -0.2) is 60.7 Å². The molecule has 0 bridgehead atoms. The molecule has 0 aliphatic carbocycles. The SMILES string of the molecule is CCCCOc1cc(C(=O)Nc2cc(S(=O)(=O)[O-])cc3cc(S(=O)(=O)[O-])cc(O)c23)c(PCCCC)cc1C(=O)Nc1cc(SOO[O-])cc2cc(SOO[O-])cc(O)c12.[Na+].[Na+].[Na+].[Na+]. The number of benzene rings is 5. The second-order valence-electron chi connectivity index (χ2n) is 12.7. The summed E-state index contributed by atoms with van der Waals surface area (Å²) in [6.45, 7) is 3.94. The van der Waals surface area contributed by atoms with Gasteiger partial charge < -0.3 is 45.2 Å². The second kappa shape index (κ2) is 28.4. The molecule has 5 aromatic rings. The fourth-order valence-corrected chi connectivity index (χ4v) is 9.25. The summed E-state index contributed by atoms with van der Waals surface area (Å²) in [5.74, 6) is -2.91. The van der Waals surface area contributed by atoms with Gasteiger partial charge in [-0.3, -0.25) is 19.7 Å². The van der Waals surface area contributed by atoms with Crippen molar-refractivity contribution in [2.45, 2.75) is 59.1 Å². The van der Waals surface area contributed by atoms with Crippen LogP contribution in [0.3, 0.4) is 0 Å². The molecule has 322 valence electrons. The van der Waals surface area contributed by atoms with Crippen LogP contribution in [0.25, 0.3) is 21.5 Å². The van der Waals surface area contributed by atoms with E-state index in [1.54, 1.807) is 0 Å². The van der Waals surface area contributed by atoms with Crippen molar-refractivity contribution < 1.29 is 198 Å². The van der Waals surface area contributed by atoms with Crippen molar-refractivity contribution in [1.29, 1.82) is 0 Å². The largest absolute Gasteiger partial charge is 1.00 e. The van der Waals surface area contributed by atoms with Crippen molar-refractivity contribution in [1.82, 2.24) is 0 Å². The number of anilines is 2. The number of phenolic OH excluding ortho intramolecular Hbond substituents is 2. The molecule has 0 fully saturated rings. The zero-order chi connectivity index (χ0) is 43.8. The van der Waals surface area contributed by atoms with E-state index >= 15 is 0 Å². The maximum Gasteiger partial charge on any atom is 1.00 e. The van der Waals surface area contributed by atoms with Crippen LogP contribution in [-0.2, 0) is 39.0 Å². The average Bonchev–Trinajstić information content (AvgIpc) is 3.18. The average molecular weight is 1020 g/mol. The van der Waals surface area contributed by atoms with Crippen LogP contribution in [0.1, 0.15) is 60.2 Å². The third-order valence-electron chi connectivity index (χ3n) is 8.55. The molecule has 0 spiro atoms. The van der Waals surface area contributed by atoms with Crippen molar-refractivity contribution in [3.8, 4) is 17.2 Å². The fourth-order valence-electron chi connectivity index (χ4n) is 5.88. The van der Waals surface area contributed by atoms with Crippen LogP contribution < -0.4 is 149 Å². The molecule has 0 aliphatic heterocycles. The van der Waals surface area contributed by atoms with Crippen LogP contribution in [0.4, 0.5) is 11.4 Å². The summed E-state index contributed by atoms with van der Waals surface area (Å²) in [5, 5.41) is 55.1. The first kappa shape index (κ1) is 61.7. The summed E-state index contributed by atoms with van der Waals surface area (Å²) in [5.41, 5.74) is -0.482. The summed E-state index contributed by atoms with van der Waals surface area (Å²) >= 11 is 0.977. The Kier molecular flexibility index (Phi) is 27.3. The number of amides is 2. The van der Waals surface area contributed by atoms with Gasteiger partial charge in [0.1, 0.15) is 37.5 Å². The Morgan fingerprint density at radius 3 is 1.67 bits per heavy atom. The van der Waals surface area contributed by atoms with Crippen molar-refractivity contribution >= 4 is 103 Å². The van der Waals surface area contributed by atoms with Crippen LogP contribution in [0, 0.1) is 0 Å². The Bertz CT molecular complexity index is 2660. The number of ether oxygens (including phenoxy) is 1. The number of unbranched alkanes of at least 4 members (excludes halogenated alkanes) is 2. The molecule has 0 saturated heterocycles. The molecule has 1 unspecified atom stereocenters. The number of rotatable bonds is 20. The van der Waals surface area contributed by atoms with E-state index in [-0.39, 0.29) is 193 Å². The summed E-state index contributed by atoms with van der Waals surface area (Å²) in [7, 11) is -10.5. The van der Waals surface area contributed by atoms with Gasteiger partial charge in [0.05, 0.1) is 63.0 Å². The predicted molar refractivity (Wildman–Crippen MR) is 214 cm³/mol. The fraction of sp³-hybridized carbons (Fsp3) is 0.222. The van der Waals surface area contributed by atoms with E-state index in [1.807, 2.05) is 13.8 Å². The maximum atomic E-state index is 14.3. The number of fused-ring (bicyclic) bond motifs is 2. The van der Waals surface area contributed by atoms with Crippen LogP contribution in [0.15, 0.2) is 80.2 Å². The summed E-state index contributed by atoms with van der Waals surface area (Å²) in [6.07, 6.45) is 3.29. The van der Waals surface area contributed by atoms with E-state index in [1.165, 1.54) is 36.4 Å². The number of carbonyl (C=O) groups excluding carboxylic acids is 2. The van der Waals surface area contributed by atoms with Crippen molar-refractivity contribution in [3.05, 3.63) is 71.8 Å². The van der Waals surface area contributed by atoms with Gasteiger partial charge >= 0.3 is 118 Å². The topological polar surface area (TPSA) is 305 Å². The molecule has 1 atom stereocenters. The third-order valence-corrected chi connectivity index (χ3v) is 12.7. The monoisotopic (exact) mass is 1020 g/mol. The molecule has 4 N–H and O–H groups in total. The third kappa shape index (κ3) is 16.4. The van der Waals surface area contributed by atoms with Gasteiger partial charge in [0, 0.05) is 20.6 Å². The van der Waals surface area contributed by atoms with Gasteiger partial charge in [-0.15, -0.1) is 0 Å². The summed E-state index contributed by atoms with van der Waals surface area (Å²) in [6, 6.07) is 11.2. The van der Waals surface area contributed by atoms with Crippen LogP contribution in [0.5, 0.6) is 17.2 Å². The Hall–Kier alpha value is -0.330. The first-order chi connectivity index (χ1) is 28.5. The zero-order valence-corrected chi connectivity index (χ0v) is 47.4. The quantitative estimate of drug-likeness (QED) is 0.0107. The van der Waals surface area contributed by atoms with E-state index < -0.39 is 53.3 Å². The molecular weight excluding hydrogens is 984 g/mol. The van der Waals surface area contributed by atoms with Crippen LogP contribution in [0.2, 0.25) is 0 Å². The summed E-state index contributed by atoms with van der Waals surface area (Å²) in [4.78, 5) is 27.1. The maximum absolute atomic E-state index is 14.3. The normalized spacial score (nSPS) is 11.3. The van der Waals surface area contributed by atoms with Gasteiger partial charge in [0.15, 0.2) is 0 Å². The van der Waals surface area contributed by atoms with Crippen LogP contribution >= 0.6 is 32.7 Å². The van der Waals surface area contributed by atoms with Gasteiger partial charge in [-0.1, -0.05) is 35.3 Å². The molecule has 2 amide bonds. The minimum absolute atomic E-state index is 0. The van der Waals surface area contributed by atoms with E-state index in [0.29, 0.717) is 54.5 Å². The number of carbonyl (C=O) groups is 2. The number of hydrogen-bond donors (Lipinski definition) is 4. The van der Waals surface area contributed by atoms with E-state index in [0.717, 1.165) is 31.0 Å². The molecule has 19 nitrogen and oxygen atoms in total. The molecule has 64 heavy (non-hydrogen) atoms.